The molecular weight excluding hydrogens is 406 g/mol. The molecule has 8 heteroatoms. The van der Waals surface area contributed by atoms with E-state index >= 15 is 0 Å². The van der Waals surface area contributed by atoms with Crippen molar-refractivity contribution in [2.45, 2.75) is 32.4 Å². The Morgan fingerprint density at radius 2 is 1.93 bits per heavy atom. The molecule has 0 amide bonds. The second kappa shape index (κ2) is 7.76. The quantitative estimate of drug-likeness (QED) is 0.492. The number of fused-ring (bicyclic) bond motifs is 1. The Hall–Kier alpha value is -2.45. The van der Waals surface area contributed by atoms with Crippen molar-refractivity contribution < 1.29 is 8.42 Å². The van der Waals surface area contributed by atoms with Gasteiger partial charge in [-0.05, 0) is 31.4 Å². The Kier molecular flexibility index (Phi) is 5.31. The number of benzene rings is 1. The van der Waals surface area contributed by atoms with Crippen LogP contribution in [0.4, 0.5) is 0 Å². The van der Waals surface area contributed by atoms with Crippen LogP contribution >= 0.6 is 11.3 Å². The van der Waals surface area contributed by atoms with Gasteiger partial charge in [0.05, 0.1) is 21.8 Å². The standard InChI is InChI=1S/C21H23N3O3S2/c1-2-24-13-17(14-6-4-3-5-7-14)19-16(21(24)25)12-18(28-19)20(22)23-15-8-10-29(26,27)11-9-15/h3-7,12-13,15H,2,8-11H2,1H3,(H2,22,23). The summed E-state index contributed by atoms with van der Waals surface area (Å²) >= 11 is 1.43. The topological polar surface area (TPSA) is 92.0 Å². The number of hydrogen-bond donors (Lipinski definition) is 2. The van der Waals surface area contributed by atoms with Gasteiger partial charge in [0.1, 0.15) is 15.7 Å². The minimum atomic E-state index is -2.94. The largest absolute Gasteiger partial charge is 0.367 e. The van der Waals surface area contributed by atoms with Gasteiger partial charge in [0, 0.05) is 29.0 Å². The number of hydrogen-bond acceptors (Lipinski definition) is 5. The highest BCUT2D eigenvalue weighted by atomic mass is 32.2. The molecule has 152 valence electrons. The second-order valence-corrected chi connectivity index (χ2v) is 10.7. The first kappa shape index (κ1) is 19.8. The second-order valence-electron chi connectivity index (χ2n) is 7.30. The molecule has 1 fully saturated rings. The smallest absolute Gasteiger partial charge is 0.259 e. The normalized spacial score (nSPS) is 16.7. The van der Waals surface area contributed by atoms with Gasteiger partial charge in [-0.15, -0.1) is 11.3 Å². The zero-order valence-corrected chi connectivity index (χ0v) is 17.8. The number of nitrogens with one attached hydrogen (secondary N) is 2. The van der Waals surface area contributed by atoms with Crippen molar-refractivity contribution in [1.82, 2.24) is 9.88 Å². The van der Waals surface area contributed by atoms with Crippen LogP contribution in [-0.4, -0.2) is 36.4 Å². The number of nitrogens with zero attached hydrogens (tertiary/aromatic N) is 1. The number of thiophene rings is 1. The van der Waals surface area contributed by atoms with Crippen LogP contribution in [0.15, 0.2) is 47.4 Å². The molecule has 1 aliphatic rings. The van der Waals surface area contributed by atoms with Crippen LogP contribution < -0.4 is 10.9 Å². The van der Waals surface area contributed by atoms with Crippen molar-refractivity contribution in [2.75, 3.05) is 11.5 Å². The van der Waals surface area contributed by atoms with Crippen LogP contribution in [0.1, 0.15) is 24.6 Å². The molecule has 1 aliphatic heterocycles. The first-order chi connectivity index (χ1) is 13.9. The van der Waals surface area contributed by atoms with Crippen molar-refractivity contribution in [3.8, 4) is 11.1 Å². The molecule has 0 unspecified atom stereocenters. The summed E-state index contributed by atoms with van der Waals surface area (Å²) in [5, 5.41) is 12.3. The van der Waals surface area contributed by atoms with E-state index in [0.717, 1.165) is 15.8 Å². The van der Waals surface area contributed by atoms with E-state index in [1.807, 2.05) is 43.5 Å². The average molecular weight is 430 g/mol. The van der Waals surface area contributed by atoms with Gasteiger partial charge in [-0.25, -0.2) is 8.42 Å². The zero-order chi connectivity index (χ0) is 20.6. The molecule has 3 heterocycles. The molecule has 2 N–H and O–H groups in total. The van der Waals surface area contributed by atoms with Crippen LogP contribution in [-0.2, 0) is 16.4 Å². The number of sulfone groups is 1. The Balaban J connectivity index is 1.71. The lowest BCUT2D eigenvalue weighted by atomic mass is 10.1. The number of rotatable bonds is 4. The van der Waals surface area contributed by atoms with E-state index in [4.69, 9.17) is 5.41 Å². The maximum atomic E-state index is 12.9. The minimum Gasteiger partial charge on any atom is -0.367 e. The molecule has 6 nitrogen and oxygen atoms in total. The molecule has 0 spiro atoms. The van der Waals surface area contributed by atoms with Gasteiger partial charge >= 0.3 is 0 Å². The average Bonchev–Trinajstić information content (AvgIpc) is 3.17. The summed E-state index contributed by atoms with van der Waals surface area (Å²) in [4.78, 5) is 13.5. The first-order valence-corrected chi connectivity index (χ1v) is 12.3. The van der Waals surface area contributed by atoms with E-state index in [-0.39, 0.29) is 28.9 Å². The maximum Gasteiger partial charge on any atom is 0.259 e. The number of aromatic nitrogens is 1. The molecule has 0 atom stereocenters. The van der Waals surface area contributed by atoms with Crippen molar-refractivity contribution >= 4 is 37.1 Å². The van der Waals surface area contributed by atoms with Gasteiger partial charge in [0.2, 0.25) is 0 Å². The monoisotopic (exact) mass is 429 g/mol. The summed E-state index contributed by atoms with van der Waals surface area (Å²) in [6.45, 7) is 2.52. The predicted octanol–water partition coefficient (Wildman–Crippen LogP) is 3.24. The molecule has 2 aromatic heterocycles. The molecule has 1 aromatic carbocycles. The summed E-state index contributed by atoms with van der Waals surface area (Å²) < 4.78 is 25.8. The van der Waals surface area contributed by atoms with Crippen LogP contribution in [0, 0.1) is 5.41 Å². The number of pyridine rings is 1. The van der Waals surface area contributed by atoms with E-state index in [2.05, 4.69) is 5.32 Å². The molecule has 29 heavy (non-hydrogen) atoms. The molecule has 3 aromatic rings. The molecule has 0 radical (unpaired) electrons. The highest BCUT2D eigenvalue weighted by molar-refractivity contribution is 7.91. The van der Waals surface area contributed by atoms with Crippen molar-refractivity contribution in [1.29, 1.82) is 5.41 Å². The Morgan fingerprint density at radius 1 is 1.24 bits per heavy atom. The van der Waals surface area contributed by atoms with E-state index < -0.39 is 9.84 Å². The van der Waals surface area contributed by atoms with Gasteiger partial charge in [-0.3, -0.25) is 10.2 Å². The summed E-state index contributed by atoms with van der Waals surface area (Å²) in [6, 6.07) is 11.7. The van der Waals surface area contributed by atoms with E-state index in [9.17, 15) is 13.2 Å². The lowest BCUT2D eigenvalue weighted by molar-refractivity contribution is 0.520. The van der Waals surface area contributed by atoms with Crippen molar-refractivity contribution in [2.24, 2.45) is 0 Å². The third-order valence-electron chi connectivity index (χ3n) is 5.33. The fourth-order valence-electron chi connectivity index (χ4n) is 3.67. The van der Waals surface area contributed by atoms with Gasteiger partial charge < -0.3 is 9.88 Å². The van der Waals surface area contributed by atoms with Crippen LogP contribution in [0.5, 0.6) is 0 Å². The Morgan fingerprint density at radius 3 is 2.59 bits per heavy atom. The third kappa shape index (κ3) is 4.00. The van der Waals surface area contributed by atoms with Gasteiger partial charge in [0.25, 0.3) is 5.56 Å². The molecule has 0 bridgehead atoms. The summed E-state index contributed by atoms with van der Waals surface area (Å²) in [5.74, 6) is 0.560. The fourth-order valence-corrected chi connectivity index (χ4v) is 6.25. The molecular formula is C21H23N3O3S2. The highest BCUT2D eigenvalue weighted by Gasteiger charge is 2.25. The minimum absolute atomic E-state index is 0.0304. The van der Waals surface area contributed by atoms with Crippen molar-refractivity contribution in [3.05, 3.63) is 57.8 Å². The third-order valence-corrected chi connectivity index (χ3v) is 8.23. The van der Waals surface area contributed by atoms with Gasteiger partial charge in [-0.1, -0.05) is 30.3 Å². The lowest BCUT2D eigenvalue weighted by Crippen LogP contribution is -2.40. The molecule has 0 saturated carbocycles. The lowest BCUT2D eigenvalue weighted by Gasteiger charge is -2.23. The van der Waals surface area contributed by atoms with Crippen molar-refractivity contribution in [3.63, 3.8) is 0 Å². The summed E-state index contributed by atoms with van der Waals surface area (Å²) in [7, 11) is -2.94. The van der Waals surface area contributed by atoms with Crippen LogP contribution in [0.3, 0.4) is 0 Å². The zero-order valence-electron chi connectivity index (χ0n) is 16.1. The van der Waals surface area contributed by atoms with E-state index in [1.165, 1.54) is 11.3 Å². The SMILES string of the molecule is CCn1cc(-c2ccccc2)c2sc(C(=N)NC3CCS(=O)(=O)CC3)cc2c1=O. The van der Waals surface area contributed by atoms with Crippen LogP contribution in [0.2, 0.25) is 0 Å². The van der Waals surface area contributed by atoms with Gasteiger partial charge in [0.15, 0.2) is 0 Å². The number of amidine groups is 1. The Labute approximate surface area is 173 Å². The molecule has 1 saturated heterocycles. The molecule has 0 aliphatic carbocycles. The Bertz CT molecular complexity index is 1210. The summed E-state index contributed by atoms with van der Waals surface area (Å²) in [5.41, 5.74) is 1.96. The fraction of sp³-hybridized carbons (Fsp3) is 0.333. The highest BCUT2D eigenvalue weighted by Crippen LogP contribution is 2.33. The number of aryl methyl sites for hydroxylation is 1. The first-order valence-electron chi connectivity index (χ1n) is 9.66. The summed E-state index contributed by atoms with van der Waals surface area (Å²) in [6.07, 6.45) is 2.91. The molecule has 4 rings (SSSR count). The van der Waals surface area contributed by atoms with E-state index in [0.29, 0.717) is 29.6 Å². The van der Waals surface area contributed by atoms with Gasteiger partial charge in [-0.2, -0.15) is 0 Å². The van der Waals surface area contributed by atoms with Crippen LogP contribution in [0.25, 0.3) is 21.2 Å². The predicted molar refractivity (Wildman–Crippen MR) is 119 cm³/mol. The maximum absolute atomic E-state index is 12.9. The van der Waals surface area contributed by atoms with E-state index in [1.54, 1.807) is 10.6 Å².